The number of alkyl halides is 1. The zero-order valence-electron chi connectivity index (χ0n) is 12.5. The third-order valence-electron chi connectivity index (χ3n) is 5.88. The minimum atomic E-state index is 0.608. The van der Waals surface area contributed by atoms with E-state index >= 15 is 0 Å². The molecule has 3 atom stereocenters. The van der Waals surface area contributed by atoms with Crippen LogP contribution in [0.1, 0.15) is 55.3 Å². The Morgan fingerprint density at radius 1 is 1.27 bits per heavy atom. The molecule has 4 aliphatic heterocycles. The summed E-state index contributed by atoms with van der Waals surface area (Å²) < 4.78 is 3.35. The summed E-state index contributed by atoms with van der Waals surface area (Å²) in [5.41, 5.74) is 3.85. The molecule has 5 heterocycles. The molecule has 6 rings (SSSR count). The molecule has 0 amide bonds. The fraction of sp³-hybridized carbons (Fsp3) is 0.647. The standard InChI is InChI=1S/C17H19IN3S/c18-12-2-1-3-14-16(12)21-15-10-4-6-20(7-5-10)13(15)8-11(9-19)17(21)22-14/h8,10,12,14,16H,1-7H2/q+1/t12-,14-,16+/m0/s1. The van der Waals surface area contributed by atoms with Crippen LogP contribution in [0.25, 0.3) is 0 Å². The molecule has 1 aromatic heterocycles. The molecule has 0 radical (unpaired) electrons. The molecule has 114 valence electrons. The van der Waals surface area contributed by atoms with Crippen molar-refractivity contribution in [3.05, 3.63) is 17.3 Å². The Hall–Kier alpha value is -0.480. The predicted molar refractivity (Wildman–Crippen MR) is 95.9 cm³/mol. The summed E-state index contributed by atoms with van der Waals surface area (Å²) in [7, 11) is 0. The highest BCUT2D eigenvalue weighted by Crippen LogP contribution is 2.50. The quantitative estimate of drug-likeness (QED) is 0.363. The van der Waals surface area contributed by atoms with Crippen LogP contribution in [0.5, 0.6) is 0 Å². The molecule has 0 unspecified atom stereocenters. The number of aromatic nitrogens is 1. The summed E-state index contributed by atoms with van der Waals surface area (Å²) >= 11 is 4.66. The maximum Gasteiger partial charge on any atom is 0.259 e. The van der Waals surface area contributed by atoms with Gasteiger partial charge in [0.05, 0.1) is 9.17 Å². The Balaban J connectivity index is 1.77. The van der Waals surface area contributed by atoms with Gasteiger partial charge in [0, 0.05) is 19.0 Å². The Labute approximate surface area is 149 Å². The Bertz CT molecular complexity index is 690. The second kappa shape index (κ2) is 5.01. The molecule has 22 heavy (non-hydrogen) atoms. The van der Waals surface area contributed by atoms with E-state index in [0.717, 1.165) is 11.5 Å². The number of fused-ring (bicyclic) bond motifs is 5. The van der Waals surface area contributed by atoms with Crippen molar-refractivity contribution in [1.29, 1.82) is 5.26 Å². The van der Waals surface area contributed by atoms with E-state index in [1.807, 2.05) is 11.8 Å². The van der Waals surface area contributed by atoms with E-state index in [1.165, 1.54) is 55.9 Å². The Kier molecular flexibility index (Phi) is 3.17. The lowest BCUT2D eigenvalue weighted by molar-refractivity contribution is -0.757. The van der Waals surface area contributed by atoms with Crippen molar-refractivity contribution in [2.24, 2.45) is 0 Å². The number of anilines is 1. The van der Waals surface area contributed by atoms with Gasteiger partial charge in [-0.15, -0.1) is 0 Å². The minimum Gasteiger partial charge on any atom is -0.366 e. The number of thioether (sulfide) groups is 1. The van der Waals surface area contributed by atoms with E-state index < -0.39 is 0 Å². The van der Waals surface area contributed by atoms with Gasteiger partial charge in [0.25, 0.3) is 5.03 Å². The van der Waals surface area contributed by atoms with Gasteiger partial charge < -0.3 is 4.90 Å². The lowest BCUT2D eigenvalue weighted by Crippen LogP contribution is -2.55. The zero-order chi connectivity index (χ0) is 14.8. The second-order valence-electron chi connectivity index (χ2n) is 6.97. The first-order valence-corrected chi connectivity index (χ1v) is 10.5. The fourth-order valence-corrected chi connectivity index (χ4v) is 8.01. The van der Waals surface area contributed by atoms with Gasteiger partial charge in [0.15, 0.2) is 6.04 Å². The molecule has 0 N–H and O–H groups in total. The summed E-state index contributed by atoms with van der Waals surface area (Å²) in [5, 5.41) is 11.6. The van der Waals surface area contributed by atoms with Crippen LogP contribution in [0.3, 0.4) is 0 Å². The second-order valence-corrected chi connectivity index (χ2v) is 9.80. The highest BCUT2D eigenvalue weighted by Gasteiger charge is 2.53. The third kappa shape index (κ3) is 1.77. The average molecular weight is 424 g/mol. The molecule has 1 aromatic rings. The van der Waals surface area contributed by atoms with Crippen molar-refractivity contribution in [3.63, 3.8) is 0 Å². The highest BCUT2D eigenvalue weighted by atomic mass is 127. The van der Waals surface area contributed by atoms with Crippen LogP contribution in [-0.4, -0.2) is 22.3 Å². The number of hydrogen-bond donors (Lipinski definition) is 0. The number of rotatable bonds is 0. The summed E-state index contributed by atoms with van der Waals surface area (Å²) in [5.74, 6) is 0.719. The van der Waals surface area contributed by atoms with Crippen molar-refractivity contribution < 1.29 is 4.57 Å². The molecule has 0 aromatic carbocycles. The van der Waals surface area contributed by atoms with E-state index in [9.17, 15) is 5.26 Å². The smallest absolute Gasteiger partial charge is 0.259 e. The van der Waals surface area contributed by atoms with E-state index in [0.29, 0.717) is 15.2 Å². The van der Waals surface area contributed by atoms with E-state index in [2.05, 4.69) is 44.2 Å². The van der Waals surface area contributed by atoms with E-state index in [4.69, 9.17) is 0 Å². The van der Waals surface area contributed by atoms with Crippen LogP contribution in [-0.2, 0) is 0 Å². The molecule has 3 nitrogen and oxygen atoms in total. The molecule has 2 bridgehead atoms. The molecule has 1 aliphatic carbocycles. The van der Waals surface area contributed by atoms with Crippen molar-refractivity contribution in [1.82, 2.24) is 0 Å². The number of pyridine rings is 1. The van der Waals surface area contributed by atoms with Crippen LogP contribution in [0.15, 0.2) is 11.1 Å². The molecule has 5 aliphatic rings. The van der Waals surface area contributed by atoms with E-state index in [-0.39, 0.29) is 0 Å². The van der Waals surface area contributed by atoms with Crippen molar-refractivity contribution in [2.45, 2.75) is 58.3 Å². The molecule has 1 saturated carbocycles. The SMILES string of the molecule is N#Cc1cc2c([n+]3c1S[C@H]1CCC[C@H](I)[C@H]13)C1CCN2CC1. The number of nitrogens with zero attached hydrogens (tertiary/aromatic N) is 3. The van der Waals surface area contributed by atoms with Crippen LogP contribution in [0.2, 0.25) is 0 Å². The molecule has 2 fully saturated rings. The van der Waals surface area contributed by atoms with Gasteiger partial charge in [0.1, 0.15) is 17.3 Å². The first kappa shape index (κ1) is 13.9. The summed E-state index contributed by atoms with van der Waals surface area (Å²) in [4.78, 5) is 2.52. The average Bonchev–Trinajstić information content (AvgIpc) is 2.96. The van der Waals surface area contributed by atoms with Gasteiger partial charge in [-0.05, 0) is 43.5 Å². The summed E-state index contributed by atoms with van der Waals surface area (Å²) in [6, 6.07) is 5.29. The number of hydrogen-bond acceptors (Lipinski definition) is 3. The predicted octanol–water partition coefficient (Wildman–Crippen LogP) is 3.55. The molecular formula is C17H19IN3S+. The van der Waals surface area contributed by atoms with Crippen molar-refractivity contribution in [2.75, 3.05) is 18.0 Å². The minimum absolute atomic E-state index is 0.608. The van der Waals surface area contributed by atoms with Gasteiger partial charge in [-0.25, -0.2) is 0 Å². The first-order valence-electron chi connectivity index (χ1n) is 8.36. The molecule has 5 heteroatoms. The van der Waals surface area contributed by atoms with Crippen LogP contribution in [0, 0.1) is 11.3 Å². The molecule has 0 spiro atoms. The van der Waals surface area contributed by atoms with Gasteiger partial charge in [-0.1, -0.05) is 29.0 Å². The first-order chi connectivity index (χ1) is 10.8. The van der Waals surface area contributed by atoms with Gasteiger partial charge >= 0.3 is 0 Å². The summed E-state index contributed by atoms with van der Waals surface area (Å²) in [6.07, 6.45) is 6.58. The normalized spacial score (nSPS) is 32.4. The lowest BCUT2D eigenvalue weighted by Gasteiger charge is -2.40. The largest absolute Gasteiger partial charge is 0.366 e. The molecular weight excluding hydrogens is 405 g/mol. The Morgan fingerprint density at radius 2 is 2.09 bits per heavy atom. The third-order valence-corrected chi connectivity index (χ3v) is 8.69. The van der Waals surface area contributed by atoms with Gasteiger partial charge in [0.2, 0.25) is 5.69 Å². The van der Waals surface area contributed by atoms with Gasteiger partial charge in [-0.2, -0.15) is 9.83 Å². The maximum absolute atomic E-state index is 9.68. The number of piperidine rings is 1. The highest BCUT2D eigenvalue weighted by molar-refractivity contribution is 14.1. The topological polar surface area (TPSA) is 30.9 Å². The monoisotopic (exact) mass is 424 g/mol. The van der Waals surface area contributed by atoms with Crippen LogP contribution < -0.4 is 9.47 Å². The molecule has 1 saturated heterocycles. The Morgan fingerprint density at radius 3 is 2.86 bits per heavy atom. The van der Waals surface area contributed by atoms with Crippen LogP contribution >= 0.6 is 34.4 Å². The maximum atomic E-state index is 9.68. The number of nitriles is 1. The van der Waals surface area contributed by atoms with Crippen molar-refractivity contribution >= 4 is 40.0 Å². The zero-order valence-corrected chi connectivity index (χ0v) is 15.4. The van der Waals surface area contributed by atoms with Gasteiger partial charge in [-0.3, -0.25) is 0 Å². The summed E-state index contributed by atoms with van der Waals surface area (Å²) in [6.45, 7) is 2.35. The van der Waals surface area contributed by atoms with Crippen LogP contribution in [0.4, 0.5) is 5.69 Å². The van der Waals surface area contributed by atoms with E-state index in [1.54, 1.807) is 5.69 Å². The lowest BCUT2D eigenvalue weighted by atomic mass is 9.84. The van der Waals surface area contributed by atoms with Crippen molar-refractivity contribution in [3.8, 4) is 6.07 Å². The number of halogens is 1. The fourth-order valence-electron chi connectivity index (χ4n) is 4.87.